The van der Waals surface area contributed by atoms with Crippen molar-refractivity contribution >= 4 is 45.9 Å². The number of hydrazine groups is 1. The number of cyclic esters (lactones) is 1. The fourth-order valence-corrected chi connectivity index (χ4v) is 10.8. The number of hydrogen-bond donors (Lipinski definition) is 2. The average molecular weight is 918 g/mol. The molecule has 0 radical (unpaired) electrons. The van der Waals surface area contributed by atoms with Gasteiger partial charge in [0.1, 0.15) is 24.2 Å². The van der Waals surface area contributed by atoms with Crippen LogP contribution in [0.4, 0.5) is 0 Å². The molecule has 3 aliphatic heterocycles. The van der Waals surface area contributed by atoms with Crippen LogP contribution >= 0.6 is 11.3 Å². The van der Waals surface area contributed by atoms with Crippen LogP contribution in [0.3, 0.4) is 0 Å². The number of methoxy groups -OCH3 is 1. The van der Waals surface area contributed by atoms with Crippen LogP contribution < -0.4 is 10.7 Å². The summed E-state index contributed by atoms with van der Waals surface area (Å²) in [6, 6.07) is 17.5. The molecule has 6 atom stereocenters. The van der Waals surface area contributed by atoms with Gasteiger partial charge in [-0.15, -0.1) is 11.3 Å². The number of esters is 1. The average Bonchev–Trinajstić information content (AvgIpc) is 4.08. The first-order valence-electron chi connectivity index (χ1n) is 23.2. The zero-order valence-electron chi connectivity index (χ0n) is 39.3. The van der Waals surface area contributed by atoms with Gasteiger partial charge in [-0.3, -0.25) is 29.2 Å². The number of carbonyl (C=O) groups is 4. The molecular formula is C51H63N7O7S. The van der Waals surface area contributed by atoms with Gasteiger partial charge in [0.15, 0.2) is 0 Å². The quantitative estimate of drug-likeness (QED) is 0.137. The van der Waals surface area contributed by atoms with E-state index in [1.165, 1.54) is 21.2 Å². The van der Waals surface area contributed by atoms with Crippen LogP contribution in [0.15, 0.2) is 72.2 Å². The van der Waals surface area contributed by atoms with Crippen molar-refractivity contribution in [3.63, 3.8) is 0 Å². The van der Waals surface area contributed by atoms with E-state index >= 15 is 0 Å². The lowest BCUT2D eigenvalue weighted by molar-refractivity contribution is -0.155. The second-order valence-corrected chi connectivity index (χ2v) is 19.9. The first-order chi connectivity index (χ1) is 31.7. The standard InChI is InChI=1S/C51H63N7O7S/c1-9-57-41-20-19-33-25-36(41)37(45(57)35-17-13-22-52-43(35)31(4)63-8)27-51(5,6)29-65-50(62)38-18-14-23-58(55-38)48(60)39(26-42-53-40(33)28-66-42)54-47(59)44(30(2)3)56(7)49(61)46-34(21-24-64-46)32-15-11-10-12-16-32/h10-13,15-17,19-20,22,25,28,30-31,34,38-39,44,46,55H,9,14,18,21,23-24,26-27,29H2,1-8H3,(H,54,59)/t31-,34+,38-,39-,44?,46+/m0/s1. The maximum Gasteiger partial charge on any atom is 0.324 e. The van der Waals surface area contributed by atoms with Gasteiger partial charge in [-0.1, -0.05) is 64.1 Å². The Hall–Kier alpha value is -5.48. The third-order valence-corrected chi connectivity index (χ3v) is 14.3. The van der Waals surface area contributed by atoms with E-state index in [2.05, 4.69) is 60.3 Å². The van der Waals surface area contributed by atoms with Crippen molar-refractivity contribution in [1.82, 2.24) is 35.2 Å². The fraction of sp³-hybridized carbons (Fsp3) is 0.490. The summed E-state index contributed by atoms with van der Waals surface area (Å²) in [7, 11) is 3.32. The van der Waals surface area contributed by atoms with Gasteiger partial charge in [0.25, 0.3) is 11.8 Å². The van der Waals surface area contributed by atoms with Gasteiger partial charge < -0.3 is 29.0 Å². The van der Waals surface area contributed by atoms with E-state index in [0.717, 1.165) is 50.2 Å². The smallest absolute Gasteiger partial charge is 0.324 e. The fourth-order valence-electron chi connectivity index (χ4n) is 9.96. The van der Waals surface area contributed by atoms with Crippen molar-refractivity contribution in [2.24, 2.45) is 11.3 Å². The summed E-state index contributed by atoms with van der Waals surface area (Å²) < 4.78 is 20.3. The molecule has 2 fully saturated rings. The highest BCUT2D eigenvalue weighted by molar-refractivity contribution is 7.10. The minimum Gasteiger partial charge on any atom is -0.464 e. The second kappa shape index (κ2) is 19.8. The first kappa shape index (κ1) is 47.0. The van der Waals surface area contributed by atoms with Gasteiger partial charge in [0, 0.05) is 85.2 Å². The lowest BCUT2D eigenvalue weighted by Crippen LogP contribution is -2.62. The van der Waals surface area contributed by atoms with Crippen LogP contribution in [-0.2, 0) is 52.8 Å². The molecule has 66 heavy (non-hydrogen) atoms. The van der Waals surface area contributed by atoms with Crippen LogP contribution in [0.1, 0.15) is 94.7 Å². The third-order valence-electron chi connectivity index (χ3n) is 13.4. The monoisotopic (exact) mass is 917 g/mol. The molecule has 3 aliphatic rings. The van der Waals surface area contributed by atoms with E-state index in [0.29, 0.717) is 50.4 Å². The molecule has 2 N–H and O–H groups in total. The molecule has 6 heterocycles. The molecule has 2 saturated heterocycles. The predicted molar refractivity (Wildman–Crippen MR) is 254 cm³/mol. The number of thiazole rings is 1. The maximum absolute atomic E-state index is 14.7. The Morgan fingerprint density at radius 1 is 1.08 bits per heavy atom. The minimum absolute atomic E-state index is 0.0896. The summed E-state index contributed by atoms with van der Waals surface area (Å²) in [5, 5.41) is 8.19. The summed E-state index contributed by atoms with van der Waals surface area (Å²) in [6.45, 7) is 13.7. The van der Waals surface area contributed by atoms with Gasteiger partial charge in [-0.2, -0.15) is 0 Å². The number of likely N-dealkylation sites (N-methyl/N-ethyl adjacent to an activating group) is 1. The van der Waals surface area contributed by atoms with Gasteiger partial charge in [0.05, 0.1) is 34.8 Å². The van der Waals surface area contributed by atoms with Gasteiger partial charge in [-0.05, 0) is 80.8 Å². The molecule has 15 heteroatoms. The molecule has 0 saturated carbocycles. The van der Waals surface area contributed by atoms with E-state index in [9.17, 15) is 19.2 Å². The lowest BCUT2D eigenvalue weighted by Gasteiger charge is -2.37. The highest BCUT2D eigenvalue weighted by Gasteiger charge is 2.42. The molecule has 3 aromatic heterocycles. The first-order valence-corrected chi connectivity index (χ1v) is 24.1. The van der Waals surface area contributed by atoms with E-state index in [-0.39, 0.29) is 36.9 Å². The van der Waals surface area contributed by atoms with Crippen molar-refractivity contribution in [3.05, 3.63) is 94.1 Å². The topological polar surface area (TPSA) is 157 Å². The molecule has 1 unspecified atom stereocenters. The minimum atomic E-state index is -1.07. The summed E-state index contributed by atoms with van der Waals surface area (Å²) >= 11 is 1.42. The number of hydrogen-bond acceptors (Lipinski definition) is 11. The number of aryl methyl sites for hydroxylation is 1. The number of aromatic nitrogens is 3. The Kier molecular flexibility index (Phi) is 14.1. The van der Waals surface area contributed by atoms with Crippen LogP contribution in [0, 0.1) is 11.3 Å². The molecule has 0 aliphatic carbocycles. The Morgan fingerprint density at radius 2 is 1.86 bits per heavy atom. The number of ether oxygens (including phenoxy) is 3. The number of carbonyl (C=O) groups excluding carboxylic acids is 4. The summed E-state index contributed by atoms with van der Waals surface area (Å²) in [5.74, 6) is -2.05. The summed E-state index contributed by atoms with van der Waals surface area (Å²) in [6.07, 6.45) is 3.19. The molecule has 6 bridgehead atoms. The van der Waals surface area contributed by atoms with E-state index < -0.39 is 47.4 Å². The normalized spacial score (nSPS) is 22.2. The van der Waals surface area contributed by atoms with Gasteiger partial charge in [-0.25, -0.2) is 10.4 Å². The van der Waals surface area contributed by atoms with Crippen molar-refractivity contribution in [1.29, 1.82) is 0 Å². The van der Waals surface area contributed by atoms with Crippen LogP contribution in [0.5, 0.6) is 0 Å². The summed E-state index contributed by atoms with van der Waals surface area (Å²) in [5.41, 5.74) is 10.4. The Balaban J connectivity index is 1.16. The highest BCUT2D eigenvalue weighted by Crippen LogP contribution is 2.42. The number of benzene rings is 2. The largest absolute Gasteiger partial charge is 0.464 e. The SMILES string of the molecule is CCn1c(-c2cccnc2[C@H](C)OC)c2c3cc(ccc31)-c1csc(n1)C[C@H](NC(=O)C(C(C)C)N(C)C(=O)[C@@H]1OCC[C@@H]1c1ccccc1)C(=O)N1CCC[C@H](N1)C(=O)OCC(C)(C)C2. The molecule has 2 aromatic carbocycles. The predicted octanol–water partition coefficient (Wildman–Crippen LogP) is 7.26. The van der Waals surface area contributed by atoms with Crippen molar-refractivity contribution in [2.45, 2.75) is 116 Å². The Labute approximate surface area is 391 Å². The maximum atomic E-state index is 14.7. The van der Waals surface area contributed by atoms with E-state index in [1.807, 2.05) is 62.5 Å². The third kappa shape index (κ3) is 9.53. The molecule has 3 amide bonds. The molecule has 0 spiro atoms. The molecule has 14 nitrogen and oxygen atoms in total. The number of amides is 3. The second-order valence-electron chi connectivity index (χ2n) is 19.0. The van der Waals surface area contributed by atoms with Gasteiger partial charge >= 0.3 is 5.97 Å². The van der Waals surface area contributed by atoms with Crippen molar-refractivity contribution in [2.75, 3.05) is 33.9 Å². The lowest BCUT2D eigenvalue weighted by atomic mass is 9.84. The van der Waals surface area contributed by atoms with Gasteiger partial charge in [0.2, 0.25) is 5.91 Å². The number of pyridine rings is 1. The number of fused-ring (bicyclic) bond motifs is 6. The van der Waals surface area contributed by atoms with Crippen molar-refractivity contribution in [3.8, 4) is 22.5 Å². The number of rotatable bonds is 10. The molecular weight excluding hydrogens is 855 g/mol. The molecule has 350 valence electrons. The van der Waals surface area contributed by atoms with Crippen LogP contribution in [-0.4, -0.2) is 106 Å². The highest BCUT2D eigenvalue weighted by atomic mass is 32.1. The van der Waals surface area contributed by atoms with Crippen molar-refractivity contribution < 1.29 is 33.4 Å². The molecule has 5 aromatic rings. The van der Waals surface area contributed by atoms with E-state index in [1.54, 1.807) is 20.4 Å². The van der Waals surface area contributed by atoms with Crippen LogP contribution in [0.2, 0.25) is 0 Å². The van der Waals surface area contributed by atoms with E-state index in [4.69, 9.17) is 24.2 Å². The Morgan fingerprint density at radius 3 is 2.61 bits per heavy atom. The zero-order valence-corrected chi connectivity index (χ0v) is 40.2. The van der Waals surface area contributed by atoms with Crippen LogP contribution in [0.25, 0.3) is 33.4 Å². The molecule has 8 rings (SSSR count). The number of nitrogens with zero attached hydrogens (tertiary/aromatic N) is 5. The zero-order chi connectivity index (χ0) is 46.9. The summed E-state index contributed by atoms with van der Waals surface area (Å²) in [4.78, 5) is 68.8. The Bertz CT molecular complexity index is 2570. The number of nitrogens with one attached hydrogen (secondary N) is 2.